The third kappa shape index (κ3) is 2.49. The SMILES string of the molecule is [B]C1(C)[C-]=C(C)N2CCCCC2=N1.[Y]. The van der Waals surface area contributed by atoms with Crippen molar-refractivity contribution in [1.82, 2.24) is 4.90 Å². The Labute approximate surface area is 113 Å². The zero-order valence-corrected chi connectivity index (χ0v) is 11.7. The molecule has 0 bridgehead atoms. The minimum Gasteiger partial charge on any atom is -0.456 e. The van der Waals surface area contributed by atoms with E-state index in [1.807, 2.05) is 6.92 Å². The monoisotopic (exact) mass is 262 g/mol. The van der Waals surface area contributed by atoms with Gasteiger partial charge in [0.1, 0.15) is 0 Å². The molecule has 1 fully saturated rings. The van der Waals surface area contributed by atoms with Crippen LogP contribution in [0.1, 0.15) is 33.1 Å². The minimum absolute atomic E-state index is 0. The van der Waals surface area contributed by atoms with E-state index >= 15 is 0 Å². The van der Waals surface area contributed by atoms with Crippen LogP contribution in [0, 0.1) is 6.08 Å². The van der Waals surface area contributed by atoms with E-state index in [4.69, 9.17) is 7.85 Å². The molecule has 0 aliphatic carbocycles. The fourth-order valence-electron chi connectivity index (χ4n) is 2.02. The maximum Gasteiger partial charge on any atom is 0.0975 e. The van der Waals surface area contributed by atoms with Gasteiger partial charge in [0.25, 0.3) is 0 Å². The Morgan fingerprint density at radius 3 is 2.93 bits per heavy atom. The number of amidine groups is 1. The van der Waals surface area contributed by atoms with Gasteiger partial charge in [-0.15, -0.1) is 5.44 Å². The second-order valence-corrected chi connectivity index (χ2v) is 3.99. The first-order chi connectivity index (χ1) is 6.08. The summed E-state index contributed by atoms with van der Waals surface area (Å²) in [4.78, 5) is 6.71. The third-order valence-corrected chi connectivity index (χ3v) is 2.54. The standard InChI is InChI=1S/C10H14BN2.Y/c1-8-7-10(2,11)12-9-5-3-4-6-13(8)9;/h3-6H2,1-2H3;/q-1;. The molecule has 2 heterocycles. The molecule has 0 N–H and O–H groups in total. The molecule has 0 amide bonds. The fraction of sp³-hybridized carbons (Fsp3) is 0.700. The molecule has 2 aliphatic rings. The van der Waals surface area contributed by atoms with Gasteiger partial charge in [-0.2, -0.15) is 5.70 Å². The zero-order valence-electron chi connectivity index (χ0n) is 8.88. The van der Waals surface area contributed by atoms with Gasteiger partial charge in [-0.05, 0) is 12.8 Å². The number of aliphatic imine (C=N–C) groups is 1. The van der Waals surface area contributed by atoms with Gasteiger partial charge in [0.05, 0.1) is 13.7 Å². The average molecular weight is 262 g/mol. The first-order valence-electron chi connectivity index (χ1n) is 4.85. The number of fused-ring (bicyclic) bond motifs is 1. The van der Waals surface area contributed by atoms with Gasteiger partial charge in [-0.25, -0.2) is 0 Å². The molecule has 3 radical (unpaired) electrons. The van der Waals surface area contributed by atoms with E-state index in [0.717, 1.165) is 24.5 Å². The second kappa shape index (κ2) is 4.49. The normalized spacial score (nSPS) is 31.1. The summed E-state index contributed by atoms with van der Waals surface area (Å²) in [6.07, 6.45) is 6.73. The first kappa shape index (κ1) is 12.4. The predicted octanol–water partition coefficient (Wildman–Crippen LogP) is 1.47. The number of nitrogens with zero attached hydrogens (tertiary/aromatic N) is 2. The van der Waals surface area contributed by atoms with Gasteiger partial charge in [0.15, 0.2) is 0 Å². The van der Waals surface area contributed by atoms with Crippen LogP contribution in [0.4, 0.5) is 0 Å². The van der Waals surface area contributed by atoms with Crippen molar-refractivity contribution in [2.24, 2.45) is 4.99 Å². The summed E-state index contributed by atoms with van der Waals surface area (Å²) in [5.74, 6) is 1.15. The van der Waals surface area contributed by atoms with Gasteiger partial charge in [0, 0.05) is 45.7 Å². The summed E-state index contributed by atoms with van der Waals surface area (Å²) in [6.45, 7) is 5.04. The minimum atomic E-state index is -0.604. The van der Waals surface area contributed by atoms with Gasteiger partial charge in [0.2, 0.25) is 0 Å². The average Bonchev–Trinajstić information content (AvgIpc) is 2.02. The smallest absolute Gasteiger partial charge is 0.0975 e. The fourth-order valence-corrected chi connectivity index (χ4v) is 2.02. The Kier molecular flexibility index (Phi) is 3.99. The summed E-state index contributed by atoms with van der Waals surface area (Å²) in [7, 11) is 5.93. The molecule has 4 heteroatoms. The molecule has 0 spiro atoms. The summed E-state index contributed by atoms with van der Waals surface area (Å²) < 4.78 is 0. The molecule has 0 aromatic heterocycles. The summed E-state index contributed by atoms with van der Waals surface area (Å²) in [6, 6.07) is 0. The summed E-state index contributed by atoms with van der Waals surface area (Å²) in [5, 5.41) is 0. The molecule has 1 saturated heterocycles. The molecule has 1 unspecified atom stereocenters. The van der Waals surface area contributed by atoms with Crippen LogP contribution >= 0.6 is 0 Å². The number of piperidine rings is 1. The Morgan fingerprint density at radius 1 is 1.50 bits per heavy atom. The molecule has 0 aromatic carbocycles. The van der Waals surface area contributed by atoms with Crippen molar-refractivity contribution in [3.63, 3.8) is 0 Å². The van der Waals surface area contributed by atoms with Crippen LogP contribution in [0.15, 0.2) is 10.7 Å². The first-order valence-corrected chi connectivity index (χ1v) is 4.85. The topological polar surface area (TPSA) is 15.6 Å². The molecule has 2 nitrogen and oxygen atoms in total. The second-order valence-electron chi connectivity index (χ2n) is 3.99. The molecular weight excluding hydrogens is 248 g/mol. The van der Waals surface area contributed by atoms with Crippen LogP contribution in [0.2, 0.25) is 0 Å². The molecule has 0 aromatic rings. The summed E-state index contributed by atoms with van der Waals surface area (Å²) in [5.41, 5.74) is 0.530. The molecule has 2 rings (SSSR count). The Hall–Kier alpha value is 0.379. The van der Waals surface area contributed by atoms with E-state index < -0.39 is 5.44 Å². The Morgan fingerprint density at radius 2 is 2.21 bits per heavy atom. The molecule has 1 atom stereocenters. The molecule has 0 saturated carbocycles. The van der Waals surface area contributed by atoms with Crippen LogP contribution in [-0.2, 0) is 32.7 Å². The van der Waals surface area contributed by atoms with E-state index in [9.17, 15) is 0 Å². The third-order valence-electron chi connectivity index (χ3n) is 2.54. The molecule has 2 aliphatic heterocycles. The largest absolute Gasteiger partial charge is 0.456 e. The molecule has 14 heavy (non-hydrogen) atoms. The maximum absolute atomic E-state index is 5.93. The number of hydrogen-bond donors (Lipinski definition) is 0. The van der Waals surface area contributed by atoms with Crippen molar-refractivity contribution in [2.45, 2.75) is 38.5 Å². The quantitative estimate of drug-likeness (QED) is 0.476. The Balaban J connectivity index is 0.000000980. The van der Waals surface area contributed by atoms with Gasteiger partial charge < -0.3 is 16.0 Å². The molecular formula is C10H14BN2Y-. The van der Waals surface area contributed by atoms with Crippen LogP contribution in [0.3, 0.4) is 0 Å². The van der Waals surface area contributed by atoms with Crippen molar-refractivity contribution in [1.29, 1.82) is 0 Å². The number of rotatable bonds is 0. The van der Waals surface area contributed by atoms with Crippen LogP contribution in [0.25, 0.3) is 0 Å². The number of hydrogen-bond acceptors (Lipinski definition) is 2. The van der Waals surface area contributed by atoms with E-state index in [2.05, 4.69) is 22.9 Å². The summed E-state index contributed by atoms with van der Waals surface area (Å²) >= 11 is 0. The number of allylic oxidation sites excluding steroid dienone is 1. The van der Waals surface area contributed by atoms with Crippen molar-refractivity contribution >= 4 is 13.7 Å². The van der Waals surface area contributed by atoms with Crippen molar-refractivity contribution in [2.75, 3.05) is 6.54 Å². The van der Waals surface area contributed by atoms with E-state index in [0.29, 0.717) is 0 Å². The van der Waals surface area contributed by atoms with E-state index in [-0.39, 0.29) is 32.7 Å². The maximum atomic E-state index is 5.93. The van der Waals surface area contributed by atoms with Gasteiger partial charge >= 0.3 is 0 Å². The van der Waals surface area contributed by atoms with Crippen molar-refractivity contribution in [3.05, 3.63) is 11.8 Å². The van der Waals surface area contributed by atoms with Crippen molar-refractivity contribution in [3.8, 4) is 0 Å². The molecule has 71 valence electrons. The van der Waals surface area contributed by atoms with E-state index in [1.165, 1.54) is 12.8 Å². The van der Waals surface area contributed by atoms with Crippen LogP contribution < -0.4 is 0 Å². The zero-order chi connectivity index (χ0) is 9.47. The predicted molar refractivity (Wildman–Crippen MR) is 54.6 cm³/mol. The van der Waals surface area contributed by atoms with Crippen LogP contribution in [0.5, 0.6) is 0 Å². The Bertz CT molecular complexity index is 284. The van der Waals surface area contributed by atoms with Crippen molar-refractivity contribution < 1.29 is 32.7 Å². The van der Waals surface area contributed by atoms with Crippen LogP contribution in [-0.4, -0.2) is 30.6 Å². The van der Waals surface area contributed by atoms with Gasteiger partial charge in [-0.1, -0.05) is 13.8 Å². The van der Waals surface area contributed by atoms with E-state index in [1.54, 1.807) is 0 Å². The van der Waals surface area contributed by atoms with Gasteiger partial charge in [-0.3, -0.25) is 0 Å².